The number of rotatable bonds is 4. The fourth-order valence-electron chi connectivity index (χ4n) is 1.50. The van der Waals surface area contributed by atoms with Crippen LogP contribution < -0.4 is 0 Å². The SMILES string of the molecule is CC.CCC(C(=O)C(=O)OC)c1ccccc1. The van der Waals surface area contributed by atoms with Gasteiger partial charge in [0.2, 0.25) is 5.78 Å². The zero-order valence-electron chi connectivity index (χ0n) is 10.9. The average Bonchev–Trinajstić information content (AvgIpc) is 2.42. The third-order valence-corrected chi connectivity index (χ3v) is 2.31. The summed E-state index contributed by atoms with van der Waals surface area (Å²) >= 11 is 0. The minimum atomic E-state index is -0.772. The second-order valence-corrected chi connectivity index (χ2v) is 3.23. The number of methoxy groups -OCH3 is 1. The predicted octanol–water partition coefficient (Wildman–Crippen LogP) is 2.95. The fourth-order valence-corrected chi connectivity index (χ4v) is 1.50. The van der Waals surface area contributed by atoms with Crippen LogP contribution in [0.4, 0.5) is 0 Å². The highest BCUT2D eigenvalue weighted by molar-refractivity contribution is 6.35. The van der Waals surface area contributed by atoms with Gasteiger partial charge in [0.25, 0.3) is 0 Å². The van der Waals surface area contributed by atoms with E-state index in [1.165, 1.54) is 7.11 Å². The minimum absolute atomic E-state index is 0.390. The van der Waals surface area contributed by atoms with Crippen LogP contribution in [0.2, 0.25) is 0 Å². The highest BCUT2D eigenvalue weighted by atomic mass is 16.5. The Hall–Kier alpha value is -1.64. The number of carbonyl (C=O) groups excluding carboxylic acids is 2. The Morgan fingerprint density at radius 2 is 1.71 bits per heavy atom. The third-order valence-electron chi connectivity index (χ3n) is 2.31. The topological polar surface area (TPSA) is 43.4 Å². The molecule has 0 bridgehead atoms. The normalized spacial score (nSPS) is 10.8. The lowest BCUT2D eigenvalue weighted by Crippen LogP contribution is -2.23. The van der Waals surface area contributed by atoms with E-state index in [1.807, 2.05) is 51.1 Å². The maximum Gasteiger partial charge on any atom is 0.374 e. The molecule has 0 saturated carbocycles. The first-order chi connectivity index (χ1) is 8.20. The molecule has 1 aromatic rings. The number of esters is 1. The number of ether oxygens (including phenoxy) is 1. The third kappa shape index (κ3) is 4.39. The molecule has 0 aromatic heterocycles. The van der Waals surface area contributed by atoms with Gasteiger partial charge >= 0.3 is 5.97 Å². The van der Waals surface area contributed by atoms with Crippen molar-refractivity contribution in [3.63, 3.8) is 0 Å². The van der Waals surface area contributed by atoms with Gasteiger partial charge in [0.15, 0.2) is 0 Å². The van der Waals surface area contributed by atoms with Crippen LogP contribution in [0.3, 0.4) is 0 Å². The maximum absolute atomic E-state index is 11.6. The summed E-state index contributed by atoms with van der Waals surface area (Å²) in [6.07, 6.45) is 0.595. The van der Waals surface area contributed by atoms with Gasteiger partial charge in [0, 0.05) is 0 Å². The van der Waals surface area contributed by atoms with Gasteiger partial charge in [-0.25, -0.2) is 4.79 Å². The maximum atomic E-state index is 11.6. The van der Waals surface area contributed by atoms with E-state index in [4.69, 9.17) is 0 Å². The Balaban J connectivity index is 0.00000121. The van der Waals surface area contributed by atoms with Gasteiger partial charge in [-0.15, -0.1) is 0 Å². The molecule has 1 atom stereocenters. The van der Waals surface area contributed by atoms with Gasteiger partial charge in [-0.05, 0) is 12.0 Å². The summed E-state index contributed by atoms with van der Waals surface area (Å²) < 4.78 is 4.43. The van der Waals surface area contributed by atoms with E-state index < -0.39 is 17.7 Å². The summed E-state index contributed by atoms with van der Waals surface area (Å²) in [6.45, 7) is 5.87. The Morgan fingerprint density at radius 1 is 1.18 bits per heavy atom. The van der Waals surface area contributed by atoms with Crippen molar-refractivity contribution in [2.45, 2.75) is 33.1 Å². The molecular formula is C14H20O3. The van der Waals surface area contributed by atoms with Gasteiger partial charge in [-0.3, -0.25) is 4.79 Å². The van der Waals surface area contributed by atoms with Crippen molar-refractivity contribution in [3.05, 3.63) is 35.9 Å². The van der Waals surface area contributed by atoms with Crippen LogP contribution in [0.1, 0.15) is 38.7 Å². The smallest absolute Gasteiger partial charge is 0.374 e. The van der Waals surface area contributed by atoms with E-state index in [0.29, 0.717) is 6.42 Å². The van der Waals surface area contributed by atoms with Crippen molar-refractivity contribution < 1.29 is 14.3 Å². The van der Waals surface area contributed by atoms with Crippen LogP contribution in [0.15, 0.2) is 30.3 Å². The van der Waals surface area contributed by atoms with E-state index in [-0.39, 0.29) is 0 Å². The lowest BCUT2D eigenvalue weighted by Gasteiger charge is -2.11. The van der Waals surface area contributed by atoms with Crippen LogP contribution in [0.25, 0.3) is 0 Å². The second-order valence-electron chi connectivity index (χ2n) is 3.23. The molecule has 0 saturated heterocycles. The summed E-state index contributed by atoms with van der Waals surface area (Å²) in [5.41, 5.74) is 0.857. The zero-order valence-corrected chi connectivity index (χ0v) is 10.9. The molecular weight excluding hydrogens is 216 g/mol. The predicted molar refractivity (Wildman–Crippen MR) is 67.8 cm³/mol. The minimum Gasteiger partial charge on any atom is -0.463 e. The van der Waals surface area contributed by atoms with Gasteiger partial charge in [-0.1, -0.05) is 51.1 Å². The first-order valence-electron chi connectivity index (χ1n) is 5.87. The molecule has 0 radical (unpaired) electrons. The van der Waals surface area contributed by atoms with Crippen molar-refractivity contribution >= 4 is 11.8 Å². The molecule has 94 valence electrons. The van der Waals surface area contributed by atoms with Crippen molar-refractivity contribution in [1.82, 2.24) is 0 Å². The largest absolute Gasteiger partial charge is 0.463 e. The van der Waals surface area contributed by atoms with E-state index in [0.717, 1.165) is 5.56 Å². The summed E-state index contributed by atoms with van der Waals surface area (Å²) in [6, 6.07) is 9.26. The van der Waals surface area contributed by atoms with Gasteiger partial charge < -0.3 is 4.74 Å². The monoisotopic (exact) mass is 236 g/mol. The lowest BCUT2D eigenvalue weighted by atomic mass is 9.92. The number of carbonyl (C=O) groups is 2. The number of Topliss-reactive ketones (excluding diaryl/α,β-unsaturated/α-hetero) is 1. The van der Waals surface area contributed by atoms with Crippen LogP contribution in [-0.4, -0.2) is 18.9 Å². The fraction of sp³-hybridized carbons (Fsp3) is 0.429. The van der Waals surface area contributed by atoms with E-state index in [1.54, 1.807) is 0 Å². The molecule has 3 nitrogen and oxygen atoms in total. The van der Waals surface area contributed by atoms with Crippen LogP contribution in [-0.2, 0) is 14.3 Å². The molecule has 0 N–H and O–H groups in total. The molecule has 0 spiro atoms. The van der Waals surface area contributed by atoms with E-state index in [2.05, 4.69) is 4.74 Å². The Morgan fingerprint density at radius 3 is 2.12 bits per heavy atom. The van der Waals surface area contributed by atoms with Gasteiger partial charge in [0.05, 0.1) is 13.0 Å². The van der Waals surface area contributed by atoms with Crippen molar-refractivity contribution in [2.24, 2.45) is 0 Å². The van der Waals surface area contributed by atoms with Gasteiger partial charge in [0.1, 0.15) is 0 Å². The first kappa shape index (κ1) is 15.4. The molecule has 1 rings (SSSR count). The highest BCUT2D eigenvalue weighted by Crippen LogP contribution is 2.20. The standard InChI is InChI=1S/C12H14O3.C2H6/c1-3-10(11(13)12(14)15-2)9-7-5-4-6-8-9;1-2/h4-8,10H,3H2,1-2H3;1-2H3. The van der Waals surface area contributed by atoms with Gasteiger partial charge in [-0.2, -0.15) is 0 Å². The average molecular weight is 236 g/mol. The molecule has 1 aromatic carbocycles. The molecule has 1 unspecified atom stereocenters. The van der Waals surface area contributed by atoms with Crippen LogP contribution in [0.5, 0.6) is 0 Å². The molecule has 0 heterocycles. The molecule has 0 aliphatic rings. The number of hydrogen-bond acceptors (Lipinski definition) is 3. The van der Waals surface area contributed by atoms with Crippen LogP contribution >= 0.6 is 0 Å². The second kappa shape index (κ2) is 8.50. The lowest BCUT2D eigenvalue weighted by molar-refractivity contribution is -0.152. The highest BCUT2D eigenvalue weighted by Gasteiger charge is 2.25. The Kier molecular flexibility index (Phi) is 7.68. The van der Waals surface area contributed by atoms with Crippen molar-refractivity contribution in [2.75, 3.05) is 7.11 Å². The Bertz CT molecular complexity index is 344. The Labute approximate surface area is 103 Å². The molecule has 0 aliphatic heterocycles. The summed E-state index contributed by atoms with van der Waals surface area (Å²) in [5, 5.41) is 0. The molecule has 17 heavy (non-hydrogen) atoms. The number of benzene rings is 1. The van der Waals surface area contributed by atoms with Crippen molar-refractivity contribution in [1.29, 1.82) is 0 Å². The summed E-state index contributed by atoms with van der Waals surface area (Å²) in [7, 11) is 1.22. The number of hydrogen-bond donors (Lipinski definition) is 0. The van der Waals surface area contributed by atoms with E-state index in [9.17, 15) is 9.59 Å². The summed E-state index contributed by atoms with van der Waals surface area (Å²) in [5.74, 6) is -1.64. The zero-order chi connectivity index (χ0) is 13.3. The quantitative estimate of drug-likeness (QED) is 0.596. The van der Waals surface area contributed by atoms with Crippen molar-refractivity contribution in [3.8, 4) is 0 Å². The number of ketones is 1. The van der Waals surface area contributed by atoms with Crippen LogP contribution in [0, 0.1) is 0 Å². The summed E-state index contributed by atoms with van der Waals surface area (Å²) in [4.78, 5) is 22.7. The molecule has 0 fully saturated rings. The first-order valence-corrected chi connectivity index (χ1v) is 5.87. The molecule has 0 aliphatic carbocycles. The molecule has 3 heteroatoms. The molecule has 0 amide bonds. The van der Waals surface area contributed by atoms with E-state index >= 15 is 0 Å².